The number of amides is 2. The number of benzene rings is 2. The Morgan fingerprint density at radius 3 is 2.65 bits per heavy atom. The van der Waals surface area contributed by atoms with Gasteiger partial charge in [-0.1, -0.05) is 42.5 Å². The maximum absolute atomic E-state index is 12.7. The van der Waals surface area contributed by atoms with Gasteiger partial charge in [0.15, 0.2) is 0 Å². The predicted octanol–water partition coefficient (Wildman–Crippen LogP) is 2.01. The van der Waals surface area contributed by atoms with Crippen molar-refractivity contribution in [3.63, 3.8) is 0 Å². The van der Waals surface area contributed by atoms with Gasteiger partial charge in [-0.05, 0) is 28.3 Å². The molecule has 0 radical (unpaired) electrons. The summed E-state index contributed by atoms with van der Waals surface area (Å²) in [5, 5.41) is 2.99. The van der Waals surface area contributed by atoms with E-state index in [0.717, 1.165) is 44.7 Å². The number of nitrogens with two attached hydrogens (primary N) is 2. The molecule has 2 heterocycles. The Balaban J connectivity index is 1.60. The van der Waals surface area contributed by atoms with Crippen LogP contribution in [0.3, 0.4) is 0 Å². The number of hydrogen-bond acceptors (Lipinski definition) is 5. The van der Waals surface area contributed by atoms with Gasteiger partial charge in [0, 0.05) is 11.8 Å². The molecule has 8 nitrogen and oxygen atoms in total. The van der Waals surface area contributed by atoms with E-state index in [1.54, 1.807) is 12.4 Å². The van der Waals surface area contributed by atoms with Crippen LogP contribution in [0.25, 0.3) is 33.5 Å². The van der Waals surface area contributed by atoms with E-state index in [9.17, 15) is 9.59 Å². The molecule has 2 atom stereocenters. The molecule has 5 rings (SSSR count). The number of nitrogens with one attached hydrogen (secondary N) is 2. The second kappa shape index (κ2) is 7.33. The molecule has 0 spiro atoms. The van der Waals surface area contributed by atoms with E-state index in [2.05, 4.69) is 15.3 Å². The summed E-state index contributed by atoms with van der Waals surface area (Å²) in [5.41, 5.74) is 17.6. The Morgan fingerprint density at radius 1 is 1.06 bits per heavy atom. The van der Waals surface area contributed by atoms with Crippen molar-refractivity contribution in [2.45, 2.75) is 18.5 Å². The van der Waals surface area contributed by atoms with E-state index in [1.165, 1.54) is 0 Å². The molecule has 0 saturated carbocycles. The highest BCUT2D eigenvalue weighted by Crippen LogP contribution is 2.47. The Hall–Kier alpha value is -4.04. The Kier molecular flexibility index (Phi) is 4.48. The maximum Gasteiger partial charge on any atom is 0.238 e. The molecule has 0 fully saturated rings. The second-order valence-corrected chi connectivity index (χ2v) is 7.55. The Morgan fingerprint density at radius 2 is 1.84 bits per heavy atom. The van der Waals surface area contributed by atoms with Gasteiger partial charge in [-0.15, -0.1) is 0 Å². The number of hydrogen-bond donors (Lipinski definition) is 4. The zero-order valence-corrected chi connectivity index (χ0v) is 16.5. The van der Waals surface area contributed by atoms with Gasteiger partial charge in [0.05, 0.1) is 35.7 Å². The number of imidazole rings is 1. The summed E-state index contributed by atoms with van der Waals surface area (Å²) in [6.07, 6.45) is 3.24. The van der Waals surface area contributed by atoms with Crippen molar-refractivity contribution in [3.05, 3.63) is 72.1 Å². The SMILES string of the molecule is NC(=O)C[C@H](N)C(=O)N[C@@H]1c2ccccc2-c2c(-c3nc4ccncc4[nH]3)cccc21. The van der Waals surface area contributed by atoms with E-state index >= 15 is 0 Å². The average Bonchev–Trinajstić information content (AvgIpc) is 3.33. The minimum atomic E-state index is -1.00. The van der Waals surface area contributed by atoms with Crippen molar-refractivity contribution in [2.75, 3.05) is 0 Å². The second-order valence-electron chi connectivity index (χ2n) is 7.55. The van der Waals surface area contributed by atoms with Crippen LogP contribution in [0.15, 0.2) is 60.9 Å². The molecule has 1 aliphatic carbocycles. The molecule has 6 N–H and O–H groups in total. The van der Waals surface area contributed by atoms with Crippen molar-refractivity contribution < 1.29 is 9.59 Å². The van der Waals surface area contributed by atoms with Gasteiger partial charge >= 0.3 is 0 Å². The molecular formula is C23H20N6O2. The molecule has 154 valence electrons. The topological polar surface area (TPSA) is 140 Å². The van der Waals surface area contributed by atoms with Crippen LogP contribution in [0.1, 0.15) is 23.6 Å². The fourth-order valence-corrected chi connectivity index (χ4v) is 4.15. The largest absolute Gasteiger partial charge is 0.370 e. The first-order valence-electron chi connectivity index (χ1n) is 9.89. The van der Waals surface area contributed by atoms with Crippen LogP contribution in [-0.2, 0) is 9.59 Å². The average molecular weight is 412 g/mol. The fourth-order valence-electron chi connectivity index (χ4n) is 4.15. The quantitative estimate of drug-likeness (QED) is 0.397. The Bertz CT molecular complexity index is 1300. The van der Waals surface area contributed by atoms with Gasteiger partial charge in [0.25, 0.3) is 0 Å². The van der Waals surface area contributed by atoms with E-state index in [4.69, 9.17) is 16.5 Å². The summed E-state index contributed by atoms with van der Waals surface area (Å²) in [7, 11) is 0. The third-order valence-electron chi connectivity index (χ3n) is 5.53. The number of primary amides is 1. The lowest BCUT2D eigenvalue weighted by molar-refractivity contribution is -0.126. The standard InChI is InChI=1S/C23H20N6O2/c24-16(10-19(25)30)23(31)29-21-13-5-2-1-4-12(13)20-14(21)6-3-7-15(20)22-27-17-8-9-26-11-18(17)28-22/h1-9,11,16,21H,10,24H2,(H2,25,30)(H,27,28)(H,29,31)/t16-,21+/m0/s1. The number of aromatic amines is 1. The van der Waals surface area contributed by atoms with Crippen molar-refractivity contribution in [1.29, 1.82) is 0 Å². The number of carbonyl (C=O) groups is 2. The van der Waals surface area contributed by atoms with Crippen LogP contribution >= 0.6 is 0 Å². The molecule has 1 aliphatic rings. The lowest BCUT2D eigenvalue weighted by atomic mass is 9.98. The van der Waals surface area contributed by atoms with Gasteiger partial charge in [0.1, 0.15) is 5.82 Å². The summed E-state index contributed by atoms with van der Waals surface area (Å²) in [6, 6.07) is 14.3. The Labute approximate surface area is 177 Å². The number of pyridine rings is 1. The third-order valence-corrected chi connectivity index (χ3v) is 5.53. The molecular weight excluding hydrogens is 392 g/mol. The number of nitrogens with zero attached hydrogens (tertiary/aromatic N) is 2. The summed E-state index contributed by atoms with van der Waals surface area (Å²) in [4.78, 5) is 36.0. The fraction of sp³-hybridized carbons (Fsp3) is 0.130. The van der Waals surface area contributed by atoms with E-state index in [0.29, 0.717) is 0 Å². The van der Waals surface area contributed by atoms with Crippen molar-refractivity contribution in [2.24, 2.45) is 11.5 Å². The molecule has 2 aromatic heterocycles. The number of aromatic nitrogens is 3. The van der Waals surface area contributed by atoms with Gasteiger partial charge in [-0.25, -0.2) is 4.98 Å². The van der Waals surface area contributed by atoms with Crippen molar-refractivity contribution in [1.82, 2.24) is 20.3 Å². The summed E-state index contributed by atoms with van der Waals surface area (Å²) in [6.45, 7) is 0. The molecule has 4 aromatic rings. The first kappa shape index (κ1) is 19.0. The monoisotopic (exact) mass is 412 g/mol. The van der Waals surface area contributed by atoms with Gasteiger partial charge < -0.3 is 21.8 Å². The molecule has 2 aromatic carbocycles. The van der Waals surface area contributed by atoms with Gasteiger partial charge in [-0.3, -0.25) is 14.6 Å². The van der Waals surface area contributed by atoms with Crippen LogP contribution in [0.5, 0.6) is 0 Å². The summed E-state index contributed by atoms with van der Waals surface area (Å²) < 4.78 is 0. The molecule has 0 aliphatic heterocycles. The number of rotatable bonds is 5. The predicted molar refractivity (Wildman–Crippen MR) is 117 cm³/mol. The van der Waals surface area contributed by atoms with E-state index in [-0.39, 0.29) is 12.5 Å². The number of fused-ring (bicyclic) bond motifs is 4. The number of H-pyrrole nitrogens is 1. The molecule has 2 amide bonds. The lowest BCUT2D eigenvalue weighted by Gasteiger charge is -2.18. The minimum Gasteiger partial charge on any atom is -0.370 e. The van der Waals surface area contributed by atoms with Crippen LogP contribution in [0, 0.1) is 0 Å². The molecule has 8 heteroatoms. The van der Waals surface area contributed by atoms with Gasteiger partial charge in [-0.2, -0.15) is 0 Å². The lowest BCUT2D eigenvalue weighted by Crippen LogP contribution is -2.44. The summed E-state index contributed by atoms with van der Waals surface area (Å²) in [5.74, 6) is -0.310. The normalized spacial score (nSPS) is 15.3. The third kappa shape index (κ3) is 3.23. The highest BCUT2D eigenvalue weighted by molar-refractivity contribution is 5.94. The highest BCUT2D eigenvalue weighted by Gasteiger charge is 2.33. The number of carbonyl (C=O) groups excluding carboxylic acids is 2. The smallest absolute Gasteiger partial charge is 0.238 e. The van der Waals surface area contributed by atoms with Crippen LogP contribution in [0.4, 0.5) is 0 Å². The molecule has 0 bridgehead atoms. The molecule has 0 saturated heterocycles. The highest BCUT2D eigenvalue weighted by atomic mass is 16.2. The molecule has 31 heavy (non-hydrogen) atoms. The van der Waals surface area contributed by atoms with E-state index < -0.39 is 17.9 Å². The van der Waals surface area contributed by atoms with Gasteiger partial charge in [0.2, 0.25) is 11.8 Å². The molecule has 0 unspecified atom stereocenters. The minimum absolute atomic E-state index is 0.208. The summed E-state index contributed by atoms with van der Waals surface area (Å²) >= 11 is 0. The maximum atomic E-state index is 12.7. The first-order chi connectivity index (χ1) is 15.0. The van der Waals surface area contributed by atoms with E-state index in [1.807, 2.05) is 48.5 Å². The van der Waals surface area contributed by atoms with Crippen molar-refractivity contribution in [3.8, 4) is 22.5 Å². The first-order valence-corrected chi connectivity index (χ1v) is 9.89. The zero-order valence-electron chi connectivity index (χ0n) is 16.5. The van der Waals surface area contributed by atoms with Crippen LogP contribution in [0.2, 0.25) is 0 Å². The van der Waals surface area contributed by atoms with Crippen molar-refractivity contribution >= 4 is 22.8 Å². The zero-order chi connectivity index (χ0) is 21.5. The van der Waals surface area contributed by atoms with Crippen LogP contribution < -0.4 is 16.8 Å². The van der Waals surface area contributed by atoms with Crippen LogP contribution in [-0.4, -0.2) is 32.8 Å².